The van der Waals surface area contributed by atoms with E-state index in [2.05, 4.69) is 20.8 Å². The molecule has 86 valence electrons. The Bertz CT molecular complexity index is 335. The fraction of sp³-hybridized carbons (Fsp3) is 0.545. The molecule has 0 bridgehead atoms. The summed E-state index contributed by atoms with van der Waals surface area (Å²) in [6.45, 7) is 2.27. The number of rotatable bonds is 3. The van der Waals surface area contributed by atoms with Crippen LogP contribution in [0.1, 0.15) is 18.5 Å². The molecule has 2 heterocycles. The van der Waals surface area contributed by atoms with Gasteiger partial charge in [-0.1, -0.05) is 0 Å². The summed E-state index contributed by atoms with van der Waals surface area (Å²) in [7, 11) is 0. The SMILES string of the molecule is O=C(NCc1cccnn1)[C@@H]1CCCNC1. The molecule has 1 aliphatic rings. The van der Waals surface area contributed by atoms with E-state index in [4.69, 9.17) is 0 Å². The van der Waals surface area contributed by atoms with E-state index in [9.17, 15) is 4.79 Å². The fourth-order valence-electron chi connectivity index (χ4n) is 1.83. The molecule has 0 spiro atoms. The highest BCUT2D eigenvalue weighted by Gasteiger charge is 2.20. The smallest absolute Gasteiger partial charge is 0.224 e. The van der Waals surface area contributed by atoms with Crippen molar-refractivity contribution in [2.75, 3.05) is 13.1 Å². The maximum Gasteiger partial charge on any atom is 0.224 e. The molecule has 1 atom stereocenters. The minimum absolute atomic E-state index is 0.102. The third-order valence-electron chi connectivity index (χ3n) is 2.74. The maximum atomic E-state index is 11.8. The van der Waals surface area contributed by atoms with Gasteiger partial charge in [0.1, 0.15) is 0 Å². The van der Waals surface area contributed by atoms with Gasteiger partial charge in [-0.3, -0.25) is 4.79 Å². The highest BCUT2D eigenvalue weighted by Crippen LogP contribution is 2.09. The number of nitrogens with one attached hydrogen (secondary N) is 2. The van der Waals surface area contributed by atoms with E-state index in [1.165, 1.54) is 0 Å². The number of aromatic nitrogens is 2. The van der Waals surface area contributed by atoms with E-state index in [1.54, 1.807) is 6.20 Å². The second kappa shape index (κ2) is 5.55. The second-order valence-electron chi connectivity index (χ2n) is 3.98. The summed E-state index contributed by atoms with van der Waals surface area (Å²) in [4.78, 5) is 11.8. The Morgan fingerprint density at radius 1 is 1.62 bits per heavy atom. The lowest BCUT2D eigenvalue weighted by Crippen LogP contribution is -2.40. The molecule has 0 unspecified atom stereocenters. The van der Waals surface area contributed by atoms with Crippen molar-refractivity contribution in [3.63, 3.8) is 0 Å². The topological polar surface area (TPSA) is 66.9 Å². The summed E-state index contributed by atoms with van der Waals surface area (Å²) in [5.74, 6) is 0.211. The fourth-order valence-corrected chi connectivity index (χ4v) is 1.83. The molecule has 0 radical (unpaired) electrons. The third kappa shape index (κ3) is 3.00. The van der Waals surface area contributed by atoms with Crippen LogP contribution in [0.5, 0.6) is 0 Å². The number of piperidine rings is 1. The van der Waals surface area contributed by atoms with Gasteiger partial charge in [-0.15, -0.1) is 0 Å². The summed E-state index contributed by atoms with van der Waals surface area (Å²) < 4.78 is 0. The van der Waals surface area contributed by atoms with Gasteiger partial charge in [-0.05, 0) is 31.5 Å². The van der Waals surface area contributed by atoms with Crippen LogP contribution in [0.3, 0.4) is 0 Å². The molecular formula is C11H16N4O. The van der Waals surface area contributed by atoms with Crippen molar-refractivity contribution in [1.82, 2.24) is 20.8 Å². The van der Waals surface area contributed by atoms with E-state index in [-0.39, 0.29) is 11.8 Å². The number of hydrogen-bond donors (Lipinski definition) is 2. The van der Waals surface area contributed by atoms with Crippen LogP contribution in [-0.4, -0.2) is 29.2 Å². The largest absolute Gasteiger partial charge is 0.350 e. The molecular weight excluding hydrogens is 204 g/mol. The summed E-state index contributed by atoms with van der Waals surface area (Å²) in [6.07, 6.45) is 3.67. The average molecular weight is 220 g/mol. The molecule has 0 aromatic carbocycles. The summed E-state index contributed by atoms with van der Waals surface area (Å²) >= 11 is 0. The summed E-state index contributed by atoms with van der Waals surface area (Å²) in [5, 5.41) is 13.8. The van der Waals surface area contributed by atoms with Gasteiger partial charge in [0.15, 0.2) is 0 Å². The molecule has 2 rings (SSSR count). The van der Waals surface area contributed by atoms with Crippen LogP contribution in [-0.2, 0) is 11.3 Å². The number of nitrogens with zero attached hydrogens (tertiary/aromatic N) is 2. The van der Waals surface area contributed by atoms with E-state index < -0.39 is 0 Å². The first kappa shape index (κ1) is 11.0. The highest BCUT2D eigenvalue weighted by atomic mass is 16.1. The lowest BCUT2D eigenvalue weighted by Gasteiger charge is -2.21. The molecule has 5 nitrogen and oxygen atoms in total. The predicted octanol–water partition coefficient (Wildman–Crippen LogP) is 0.0924. The number of amides is 1. The van der Waals surface area contributed by atoms with Crippen LogP contribution in [0.2, 0.25) is 0 Å². The standard InChI is InChI=1S/C11H16N4O/c16-11(9-3-1-5-12-7-9)13-8-10-4-2-6-14-15-10/h2,4,6,9,12H,1,3,5,7-8H2,(H,13,16)/t9-/m1/s1. The van der Waals surface area contributed by atoms with Gasteiger partial charge in [0.05, 0.1) is 18.2 Å². The summed E-state index contributed by atoms with van der Waals surface area (Å²) in [6, 6.07) is 3.67. The lowest BCUT2D eigenvalue weighted by atomic mass is 9.99. The van der Waals surface area contributed by atoms with Gasteiger partial charge in [0.25, 0.3) is 0 Å². The second-order valence-corrected chi connectivity index (χ2v) is 3.98. The molecule has 5 heteroatoms. The monoisotopic (exact) mass is 220 g/mol. The van der Waals surface area contributed by atoms with E-state index >= 15 is 0 Å². The molecule has 1 aromatic rings. The Balaban J connectivity index is 1.79. The van der Waals surface area contributed by atoms with Crippen LogP contribution < -0.4 is 10.6 Å². The van der Waals surface area contributed by atoms with Crippen LogP contribution in [0, 0.1) is 5.92 Å². The molecule has 1 amide bonds. The average Bonchev–Trinajstić information content (AvgIpc) is 2.38. The Labute approximate surface area is 94.6 Å². The third-order valence-corrected chi connectivity index (χ3v) is 2.74. The zero-order chi connectivity index (χ0) is 11.2. The van der Waals surface area contributed by atoms with Crippen molar-refractivity contribution in [1.29, 1.82) is 0 Å². The van der Waals surface area contributed by atoms with Crippen LogP contribution in [0.25, 0.3) is 0 Å². The van der Waals surface area contributed by atoms with Crippen molar-refractivity contribution in [3.8, 4) is 0 Å². The minimum atomic E-state index is 0.102. The Kier molecular flexibility index (Phi) is 3.82. The predicted molar refractivity (Wildman–Crippen MR) is 59.5 cm³/mol. The maximum absolute atomic E-state index is 11.8. The highest BCUT2D eigenvalue weighted by molar-refractivity contribution is 5.78. The molecule has 16 heavy (non-hydrogen) atoms. The van der Waals surface area contributed by atoms with Crippen LogP contribution >= 0.6 is 0 Å². The molecule has 0 aliphatic carbocycles. The molecule has 0 saturated carbocycles. The van der Waals surface area contributed by atoms with Gasteiger partial charge in [-0.25, -0.2) is 0 Å². The quantitative estimate of drug-likeness (QED) is 0.757. The first-order chi connectivity index (χ1) is 7.86. The number of carbonyl (C=O) groups excluding carboxylic acids is 1. The molecule has 1 fully saturated rings. The van der Waals surface area contributed by atoms with E-state index in [0.29, 0.717) is 6.54 Å². The van der Waals surface area contributed by atoms with Crippen molar-refractivity contribution >= 4 is 5.91 Å². The van der Waals surface area contributed by atoms with Gasteiger partial charge in [0, 0.05) is 12.7 Å². The van der Waals surface area contributed by atoms with Crippen molar-refractivity contribution in [3.05, 3.63) is 24.0 Å². The number of hydrogen-bond acceptors (Lipinski definition) is 4. The van der Waals surface area contributed by atoms with Crippen molar-refractivity contribution in [2.45, 2.75) is 19.4 Å². The zero-order valence-corrected chi connectivity index (χ0v) is 9.15. The Morgan fingerprint density at radius 2 is 2.56 bits per heavy atom. The molecule has 1 aliphatic heterocycles. The number of carbonyl (C=O) groups is 1. The minimum Gasteiger partial charge on any atom is -0.350 e. The van der Waals surface area contributed by atoms with E-state index in [0.717, 1.165) is 31.6 Å². The molecule has 1 aromatic heterocycles. The van der Waals surface area contributed by atoms with Gasteiger partial charge >= 0.3 is 0 Å². The van der Waals surface area contributed by atoms with Gasteiger partial charge in [-0.2, -0.15) is 10.2 Å². The zero-order valence-electron chi connectivity index (χ0n) is 9.15. The van der Waals surface area contributed by atoms with Gasteiger partial charge in [0.2, 0.25) is 5.91 Å². The first-order valence-corrected chi connectivity index (χ1v) is 5.61. The van der Waals surface area contributed by atoms with E-state index in [1.807, 2.05) is 12.1 Å². The lowest BCUT2D eigenvalue weighted by molar-refractivity contribution is -0.125. The van der Waals surface area contributed by atoms with Crippen molar-refractivity contribution < 1.29 is 4.79 Å². The summed E-state index contributed by atoms with van der Waals surface area (Å²) in [5.41, 5.74) is 0.791. The van der Waals surface area contributed by atoms with Crippen LogP contribution in [0.15, 0.2) is 18.3 Å². The Hall–Kier alpha value is -1.49. The van der Waals surface area contributed by atoms with Crippen LogP contribution in [0.4, 0.5) is 0 Å². The normalized spacial score (nSPS) is 20.4. The van der Waals surface area contributed by atoms with Crippen molar-refractivity contribution in [2.24, 2.45) is 5.92 Å². The van der Waals surface area contributed by atoms with Gasteiger partial charge < -0.3 is 10.6 Å². The first-order valence-electron chi connectivity index (χ1n) is 5.61. The Morgan fingerprint density at radius 3 is 3.25 bits per heavy atom. The molecule has 1 saturated heterocycles. The molecule has 2 N–H and O–H groups in total.